The van der Waals surface area contributed by atoms with Crippen LogP contribution in [0.5, 0.6) is 0 Å². The molecule has 1 heterocycles. The zero-order valence-corrected chi connectivity index (χ0v) is 10.2. The Balaban J connectivity index is 2.92. The molecule has 2 rings (SSSR count). The third-order valence-electron chi connectivity index (χ3n) is 3.14. The number of benzene rings is 1. The van der Waals surface area contributed by atoms with Crippen molar-refractivity contribution < 1.29 is 18.0 Å². The summed E-state index contributed by atoms with van der Waals surface area (Å²) >= 11 is 0. The third kappa shape index (κ3) is 1.79. The summed E-state index contributed by atoms with van der Waals surface area (Å²) in [7, 11) is 0. The Morgan fingerprint density at radius 1 is 1.22 bits per heavy atom. The van der Waals surface area contributed by atoms with Crippen molar-refractivity contribution >= 4 is 16.7 Å². The van der Waals surface area contributed by atoms with Crippen molar-refractivity contribution in [1.82, 2.24) is 4.98 Å². The van der Waals surface area contributed by atoms with Crippen molar-refractivity contribution in [2.24, 2.45) is 0 Å². The number of rotatable bonds is 1. The van der Waals surface area contributed by atoms with E-state index in [9.17, 15) is 18.0 Å². The summed E-state index contributed by atoms with van der Waals surface area (Å²) in [6.07, 6.45) is -4.56. The van der Waals surface area contributed by atoms with E-state index >= 15 is 0 Å². The number of carbonyl (C=O) groups excluding carboxylic acids is 1. The van der Waals surface area contributed by atoms with Crippen molar-refractivity contribution in [3.63, 3.8) is 0 Å². The number of aromatic nitrogens is 1. The molecule has 0 unspecified atom stereocenters. The molecule has 0 bridgehead atoms. The molecule has 1 N–H and O–H groups in total. The van der Waals surface area contributed by atoms with Gasteiger partial charge in [-0.1, -0.05) is 12.1 Å². The number of H-pyrrole nitrogens is 1. The van der Waals surface area contributed by atoms with E-state index in [1.165, 1.54) is 0 Å². The maximum atomic E-state index is 12.9. The van der Waals surface area contributed by atoms with E-state index in [0.717, 1.165) is 18.1 Å². The van der Waals surface area contributed by atoms with Crippen molar-refractivity contribution in [1.29, 1.82) is 0 Å². The summed E-state index contributed by atoms with van der Waals surface area (Å²) in [6, 6.07) is 3.28. The topological polar surface area (TPSA) is 32.9 Å². The molecule has 0 aliphatic carbocycles. The summed E-state index contributed by atoms with van der Waals surface area (Å²) in [4.78, 5) is 13.8. The summed E-state index contributed by atoms with van der Waals surface area (Å²) in [6.45, 7) is 4.70. The summed E-state index contributed by atoms with van der Waals surface area (Å²) in [5, 5.41) is 0.331. The van der Waals surface area contributed by atoms with Crippen molar-refractivity contribution in [3.8, 4) is 0 Å². The Hall–Kier alpha value is -1.78. The summed E-state index contributed by atoms with van der Waals surface area (Å²) in [5.41, 5.74) is 0.755. The molecule has 0 amide bonds. The lowest BCUT2D eigenvalue weighted by Gasteiger charge is -2.05. The van der Waals surface area contributed by atoms with Crippen LogP contribution in [0.25, 0.3) is 10.9 Å². The smallest absolute Gasteiger partial charge is 0.350 e. The molecule has 0 atom stereocenters. The first-order valence-electron chi connectivity index (χ1n) is 5.43. The Morgan fingerprint density at radius 3 is 2.33 bits per heavy atom. The number of nitrogens with one attached hydrogen (secondary N) is 1. The zero-order chi connectivity index (χ0) is 13.7. The second-order valence-corrected chi connectivity index (χ2v) is 4.36. The molecule has 18 heavy (non-hydrogen) atoms. The van der Waals surface area contributed by atoms with Crippen LogP contribution < -0.4 is 0 Å². The first-order chi connectivity index (χ1) is 8.23. The quantitative estimate of drug-likeness (QED) is 0.767. The van der Waals surface area contributed by atoms with Crippen molar-refractivity contribution in [2.75, 3.05) is 0 Å². The molecule has 0 aliphatic rings. The van der Waals surface area contributed by atoms with Crippen molar-refractivity contribution in [3.05, 3.63) is 34.5 Å². The fraction of sp³-hybridized carbons (Fsp3) is 0.308. The molecule has 96 valence electrons. The second-order valence-electron chi connectivity index (χ2n) is 4.36. The lowest BCUT2D eigenvalue weighted by molar-refractivity contribution is -0.140. The molecule has 0 saturated carbocycles. The van der Waals surface area contributed by atoms with Gasteiger partial charge in [0.2, 0.25) is 0 Å². The number of halogens is 3. The van der Waals surface area contributed by atoms with Gasteiger partial charge in [-0.15, -0.1) is 0 Å². The van der Waals surface area contributed by atoms with Crippen LogP contribution >= 0.6 is 0 Å². The second kappa shape index (κ2) is 3.86. The SMILES string of the molecule is CC(=O)c1c(C(F)(F)F)[nH]c2c(C)c(C)ccc12. The highest BCUT2D eigenvalue weighted by Crippen LogP contribution is 2.37. The minimum Gasteiger partial charge on any atom is -0.350 e. The van der Waals surface area contributed by atoms with Gasteiger partial charge in [-0.25, -0.2) is 0 Å². The van der Waals surface area contributed by atoms with E-state index < -0.39 is 17.7 Å². The number of Topliss-reactive ketones (excluding diaryl/α,β-unsaturated/α-hetero) is 1. The number of aryl methyl sites for hydroxylation is 2. The standard InChI is InChI=1S/C13H12F3NO/c1-6-4-5-9-10(8(3)18)12(13(14,15)16)17-11(9)7(6)2/h4-5,17H,1-3H3. The first-order valence-corrected chi connectivity index (χ1v) is 5.43. The van der Waals surface area contributed by atoms with E-state index in [1.807, 2.05) is 6.92 Å². The zero-order valence-electron chi connectivity index (χ0n) is 10.2. The van der Waals surface area contributed by atoms with Crippen LogP contribution in [-0.2, 0) is 6.18 Å². The number of ketones is 1. The molecule has 0 radical (unpaired) electrons. The molecule has 1 aromatic carbocycles. The Labute approximate surface area is 102 Å². The number of hydrogen-bond acceptors (Lipinski definition) is 1. The minimum absolute atomic E-state index is 0.277. The van der Waals surface area contributed by atoms with E-state index in [0.29, 0.717) is 10.9 Å². The lowest BCUT2D eigenvalue weighted by Crippen LogP contribution is -2.10. The van der Waals surface area contributed by atoms with E-state index in [2.05, 4.69) is 4.98 Å². The van der Waals surface area contributed by atoms with Gasteiger partial charge in [0.05, 0.1) is 5.56 Å². The number of carbonyl (C=O) groups is 1. The molecular formula is C13H12F3NO. The highest BCUT2D eigenvalue weighted by molar-refractivity contribution is 6.09. The highest BCUT2D eigenvalue weighted by atomic mass is 19.4. The van der Waals surface area contributed by atoms with E-state index in [4.69, 9.17) is 0 Å². The number of aromatic amines is 1. The van der Waals surface area contributed by atoms with Crippen LogP contribution in [0.1, 0.15) is 34.1 Å². The van der Waals surface area contributed by atoms with Crippen LogP contribution in [0.2, 0.25) is 0 Å². The normalized spacial score (nSPS) is 12.1. The van der Waals surface area contributed by atoms with Gasteiger partial charge in [-0.2, -0.15) is 13.2 Å². The third-order valence-corrected chi connectivity index (χ3v) is 3.14. The van der Waals surface area contributed by atoms with E-state index in [1.54, 1.807) is 19.1 Å². The van der Waals surface area contributed by atoms with Crippen LogP contribution in [-0.4, -0.2) is 10.8 Å². The fourth-order valence-corrected chi connectivity index (χ4v) is 2.09. The number of hydrogen-bond donors (Lipinski definition) is 1. The van der Waals surface area contributed by atoms with Crippen molar-refractivity contribution in [2.45, 2.75) is 26.9 Å². The van der Waals surface area contributed by atoms with Crippen LogP contribution in [0.3, 0.4) is 0 Å². The summed E-state index contributed by atoms with van der Waals surface area (Å²) in [5.74, 6) is -0.586. The lowest BCUT2D eigenvalue weighted by atomic mass is 10.0. The largest absolute Gasteiger partial charge is 0.431 e. The molecule has 2 nitrogen and oxygen atoms in total. The Kier molecular flexibility index (Phi) is 2.72. The molecule has 0 spiro atoms. The molecule has 0 aliphatic heterocycles. The minimum atomic E-state index is -4.56. The molecule has 0 saturated heterocycles. The predicted molar refractivity (Wildman–Crippen MR) is 62.8 cm³/mol. The monoisotopic (exact) mass is 255 g/mol. The van der Waals surface area contributed by atoms with Gasteiger partial charge in [-0.05, 0) is 31.9 Å². The number of alkyl halides is 3. The maximum Gasteiger partial charge on any atom is 0.431 e. The van der Waals surface area contributed by atoms with E-state index in [-0.39, 0.29) is 5.56 Å². The predicted octanol–water partition coefficient (Wildman–Crippen LogP) is 4.01. The highest BCUT2D eigenvalue weighted by Gasteiger charge is 2.37. The molecule has 1 aromatic heterocycles. The van der Waals surface area contributed by atoms with Gasteiger partial charge in [-0.3, -0.25) is 4.79 Å². The Morgan fingerprint density at radius 2 is 1.83 bits per heavy atom. The van der Waals surface area contributed by atoms with Crippen LogP contribution in [0, 0.1) is 13.8 Å². The average molecular weight is 255 g/mol. The molecule has 2 aromatic rings. The number of fused-ring (bicyclic) bond motifs is 1. The van der Waals surface area contributed by atoms with Gasteiger partial charge in [0.15, 0.2) is 5.78 Å². The fourth-order valence-electron chi connectivity index (χ4n) is 2.09. The van der Waals surface area contributed by atoms with Gasteiger partial charge in [0.1, 0.15) is 5.69 Å². The first kappa shape index (κ1) is 12.7. The van der Waals surface area contributed by atoms with Gasteiger partial charge in [0, 0.05) is 10.9 Å². The molecule has 0 fully saturated rings. The van der Waals surface area contributed by atoms with Gasteiger partial charge < -0.3 is 4.98 Å². The van der Waals surface area contributed by atoms with Crippen LogP contribution in [0.4, 0.5) is 13.2 Å². The molecular weight excluding hydrogens is 243 g/mol. The van der Waals surface area contributed by atoms with Crippen LogP contribution in [0.15, 0.2) is 12.1 Å². The maximum absolute atomic E-state index is 12.9. The van der Waals surface area contributed by atoms with Gasteiger partial charge in [0.25, 0.3) is 0 Å². The Bertz CT molecular complexity index is 638. The summed E-state index contributed by atoms with van der Waals surface area (Å²) < 4.78 is 38.7. The van der Waals surface area contributed by atoms with Gasteiger partial charge >= 0.3 is 6.18 Å². The average Bonchev–Trinajstić information content (AvgIpc) is 2.63. The molecule has 5 heteroatoms.